The molecule has 0 aromatic carbocycles. The van der Waals surface area contributed by atoms with Crippen LogP contribution in [0.1, 0.15) is 0 Å². The SMILES string of the molecule is N[C@H](C(=O)O)[C@@H]1NC(C(=O)O)=CCS1. The molecule has 1 rings (SSSR count). The number of nitrogens with one attached hydrogen (secondary N) is 1. The predicted octanol–water partition coefficient (Wildman–Crippen LogP) is -0.971. The number of aliphatic carboxylic acids is 2. The standard InChI is InChI=1S/C7H10N2O4S/c8-4(7(12)13)5-9-3(6(10)11)1-2-14-5/h1,4-5,9H,2,8H2,(H,10,11)(H,12,13)/t4-,5+/m0/s1. The molecule has 7 heteroatoms. The highest BCUT2D eigenvalue weighted by Gasteiger charge is 2.28. The second-order valence-corrected chi connectivity index (χ2v) is 3.86. The Balaban J connectivity index is 2.65. The molecule has 1 heterocycles. The summed E-state index contributed by atoms with van der Waals surface area (Å²) in [6.45, 7) is 0. The molecule has 0 saturated carbocycles. The Morgan fingerprint density at radius 3 is 2.79 bits per heavy atom. The summed E-state index contributed by atoms with van der Waals surface area (Å²) in [5.41, 5.74) is 5.36. The van der Waals surface area contributed by atoms with Crippen molar-refractivity contribution in [1.82, 2.24) is 5.32 Å². The lowest BCUT2D eigenvalue weighted by atomic mass is 10.3. The summed E-state index contributed by atoms with van der Waals surface area (Å²) in [5.74, 6) is -1.81. The van der Waals surface area contributed by atoms with Crippen LogP contribution in [0, 0.1) is 0 Å². The molecule has 0 aromatic rings. The van der Waals surface area contributed by atoms with Gasteiger partial charge in [-0.1, -0.05) is 0 Å². The van der Waals surface area contributed by atoms with E-state index in [1.165, 1.54) is 17.8 Å². The van der Waals surface area contributed by atoms with Gasteiger partial charge in [0.15, 0.2) is 0 Å². The number of carboxylic acids is 2. The van der Waals surface area contributed by atoms with Gasteiger partial charge in [0.05, 0.1) is 5.37 Å². The maximum atomic E-state index is 10.6. The molecule has 0 spiro atoms. The Bertz CT molecular complexity index is 291. The fourth-order valence-corrected chi connectivity index (χ4v) is 1.97. The van der Waals surface area contributed by atoms with Gasteiger partial charge in [0.25, 0.3) is 0 Å². The second kappa shape index (κ2) is 4.34. The summed E-state index contributed by atoms with van der Waals surface area (Å²) >= 11 is 1.26. The van der Waals surface area contributed by atoms with Crippen LogP contribution in [0.15, 0.2) is 11.8 Å². The molecule has 0 amide bonds. The Hall–Kier alpha value is -1.21. The van der Waals surface area contributed by atoms with Crippen LogP contribution >= 0.6 is 11.8 Å². The van der Waals surface area contributed by atoms with Crippen LogP contribution in [0.25, 0.3) is 0 Å². The van der Waals surface area contributed by atoms with Crippen LogP contribution in [0.4, 0.5) is 0 Å². The molecule has 0 radical (unpaired) electrons. The lowest BCUT2D eigenvalue weighted by molar-refractivity contribution is -0.139. The fraction of sp³-hybridized carbons (Fsp3) is 0.429. The average Bonchev–Trinajstić information content (AvgIpc) is 2.16. The third-order valence-electron chi connectivity index (χ3n) is 1.70. The zero-order valence-electron chi connectivity index (χ0n) is 7.14. The molecule has 1 aliphatic rings. The van der Waals surface area contributed by atoms with E-state index in [-0.39, 0.29) is 5.70 Å². The summed E-state index contributed by atoms with van der Waals surface area (Å²) in [5, 5.41) is 19.2. The van der Waals surface area contributed by atoms with Crippen LogP contribution in [-0.4, -0.2) is 39.3 Å². The zero-order valence-corrected chi connectivity index (χ0v) is 7.95. The molecular formula is C7H10N2O4S. The number of rotatable bonds is 3. The first-order valence-electron chi connectivity index (χ1n) is 3.82. The summed E-state index contributed by atoms with van der Waals surface area (Å²) < 4.78 is 0. The van der Waals surface area contributed by atoms with Gasteiger partial charge in [0.1, 0.15) is 11.7 Å². The molecule has 0 saturated heterocycles. The van der Waals surface area contributed by atoms with E-state index >= 15 is 0 Å². The van der Waals surface area contributed by atoms with Crippen LogP contribution in [0.5, 0.6) is 0 Å². The van der Waals surface area contributed by atoms with Crippen LogP contribution in [-0.2, 0) is 9.59 Å². The normalized spacial score (nSPS) is 23.2. The maximum Gasteiger partial charge on any atom is 0.351 e. The smallest absolute Gasteiger partial charge is 0.351 e. The number of hydrogen-bond donors (Lipinski definition) is 4. The first-order chi connectivity index (χ1) is 6.52. The molecular weight excluding hydrogens is 208 g/mol. The van der Waals surface area contributed by atoms with E-state index in [2.05, 4.69) is 5.32 Å². The lowest BCUT2D eigenvalue weighted by Gasteiger charge is -2.25. The molecule has 2 atom stereocenters. The van der Waals surface area contributed by atoms with Gasteiger partial charge in [-0.15, -0.1) is 11.8 Å². The van der Waals surface area contributed by atoms with E-state index in [0.29, 0.717) is 5.75 Å². The van der Waals surface area contributed by atoms with Gasteiger partial charge in [-0.2, -0.15) is 0 Å². The van der Waals surface area contributed by atoms with Crippen molar-refractivity contribution in [2.24, 2.45) is 5.73 Å². The molecule has 1 aliphatic heterocycles. The van der Waals surface area contributed by atoms with Gasteiger partial charge >= 0.3 is 11.9 Å². The molecule has 0 unspecified atom stereocenters. The molecule has 5 N–H and O–H groups in total. The maximum absolute atomic E-state index is 10.6. The highest BCUT2D eigenvalue weighted by atomic mass is 32.2. The topological polar surface area (TPSA) is 113 Å². The molecule has 0 aliphatic carbocycles. The average molecular weight is 218 g/mol. The molecule has 0 aromatic heterocycles. The zero-order chi connectivity index (χ0) is 10.7. The predicted molar refractivity (Wildman–Crippen MR) is 50.7 cm³/mol. The van der Waals surface area contributed by atoms with Crippen LogP contribution < -0.4 is 11.1 Å². The largest absolute Gasteiger partial charge is 0.480 e. The number of carboxylic acid groups (broad SMARTS) is 2. The van der Waals surface area contributed by atoms with Crippen molar-refractivity contribution in [3.63, 3.8) is 0 Å². The molecule has 6 nitrogen and oxygen atoms in total. The quantitative estimate of drug-likeness (QED) is 0.482. The highest BCUT2D eigenvalue weighted by Crippen LogP contribution is 2.18. The Kier molecular flexibility index (Phi) is 3.37. The van der Waals surface area contributed by atoms with Crippen molar-refractivity contribution in [3.05, 3.63) is 11.8 Å². The Morgan fingerprint density at radius 2 is 2.29 bits per heavy atom. The van der Waals surface area contributed by atoms with Gasteiger partial charge in [-0.05, 0) is 6.08 Å². The van der Waals surface area contributed by atoms with Crippen LogP contribution in [0.3, 0.4) is 0 Å². The van der Waals surface area contributed by atoms with E-state index in [1.807, 2.05) is 0 Å². The Morgan fingerprint density at radius 1 is 1.64 bits per heavy atom. The van der Waals surface area contributed by atoms with E-state index in [0.717, 1.165) is 0 Å². The highest BCUT2D eigenvalue weighted by molar-refractivity contribution is 8.00. The van der Waals surface area contributed by atoms with E-state index < -0.39 is 23.4 Å². The first kappa shape index (κ1) is 10.9. The third kappa shape index (κ3) is 2.39. The Labute approximate surface area is 84.2 Å². The van der Waals surface area contributed by atoms with Crippen molar-refractivity contribution >= 4 is 23.7 Å². The monoisotopic (exact) mass is 218 g/mol. The van der Waals surface area contributed by atoms with Crippen molar-refractivity contribution in [2.45, 2.75) is 11.4 Å². The van der Waals surface area contributed by atoms with E-state index in [9.17, 15) is 9.59 Å². The fourth-order valence-electron chi connectivity index (χ4n) is 0.961. The van der Waals surface area contributed by atoms with Gasteiger partial charge in [0, 0.05) is 5.75 Å². The lowest BCUT2D eigenvalue weighted by Crippen LogP contribution is -2.49. The van der Waals surface area contributed by atoms with Crippen molar-refractivity contribution in [2.75, 3.05) is 5.75 Å². The minimum atomic E-state index is -1.15. The van der Waals surface area contributed by atoms with Crippen molar-refractivity contribution < 1.29 is 19.8 Å². The van der Waals surface area contributed by atoms with Gasteiger partial charge < -0.3 is 21.3 Å². The summed E-state index contributed by atoms with van der Waals surface area (Å²) in [4.78, 5) is 21.1. The minimum Gasteiger partial charge on any atom is -0.480 e. The summed E-state index contributed by atoms with van der Waals surface area (Å²) in [6.07, 6.45) is 1.48. The summed E-state index contributed by atoms with van der Waals surface area (Å²) in [6, 6.07) is -1.11. The number of hydrogen-bond acceptors (Lipinski definition) is 5. The number of thioether (sulfide) groups is 1. The first-order valence-corrected chi connectivity index (χ1v) is 4.87. The van der Waals surface area contributed by atoms with Gasteiger partial charge in [0.2, 0.25) is 0 Å². The van der Waals surface area contributed by atoms with Crippen LogP contribution in [0.2, 0.25) is 0 Å². The van der Waals surface area contributed by atoms with E-state index in [4.69, 9.17) is 15.9 Å². The molecule has 14 heavy (non-hydrogen) atoms. The number of nitrogens with two attached hydrogens (primary N) is 1. The van der Waals surface area contributed by atoms with Gasteiger partial charge in [-0.3, -0.25) is 4.79 Å². The molecule has 78 valence electrons. The van der Waals surface area contributed by atoms with E-state index in [1.54, 1.807) is 0 Å². The second-order valence-electron chi connectivity index (χ2n) is 2.69. The third-order valence-corrected chi connectivity index (χ3v) is 2.83. The summed E-state index contributed by atoms with van der Waals surface area (Å²) in [7, 11) is 0. The molecule has 0 bridgehead atoms. The van der Waals surface area contributed by atoms with Crippen molar-refractivity contribution in [1.29, 1.82) is 0 Å². The minimum absolute atomic E-state index is 0.00505. The van der Waals surface area contributed by atoms with Gasteiger partial charge in [-0.25, -0.2) is 4.79 Å². The van der Waals surface area contributed by atoms with Crippen molar-refractivity contribution in [3.8, 4) is 0 Å². The number of carbonyl (C=O) groups is 2. The molecule has 0 fully saturated rings.